The van der Waals surface area contributed by atoms with Gasteiger partial charge in [-0.1, -0.05) is 11.6 Å². The summed E-state index contributed by atoms with van der Waals surface area (Å²) in [6.45, 7) is 0.537. The smallest absolute Gasteiger partial charge is 0.134 e. The molecule has 0 amide bonds. The Morgan fingerprint density at radius 3 is 2.89 bits per heavy atom. The van der Waals surface area contributed by atoms with Gasteiger partial charge in [0, 0.05) is 12.0 Å². The first-order valence-electron chi connectivity index (χ1n) is 5.44. The molecule has 1 aromatic carbocycles. The first-order valence-corrected chi connectivity index (χ1v) is 6.61. The second-order valence-corrected chi connectivity index (χ2v) is 4.97. The molecule has 0 aliphatic carbocycles. The quantitative estimate of drug-likeness (QED) is 0.906. The second-order valence-electron chi connectivity index (χ2n) is 3.73. The minimum atomic E-state index is 0.524. The van der Waals surface area contributed by atoms with Crippen LogP contribution in [0.3, 0.4) is 0 Å². The van der Waals surface area contributed by atoms with Crippen molar-refractivity contribution in [2.75, 3.05) is 13.7 Å². The molecule has 2 aromatic rings. The van der Waals surface area contributed by atoms with E-state index >= 15 is 0 Å². The number of hydrogen-bond acceptors (Lipinski definition) is 3. The molecule has 0 saturated carbocycles. The van der Waals surface area contributed by atoms with Crippen molar-refractivity contribution in [3.8, 4) is 17.0 Å². The summed E-state index contributed by atoms with van der Waals surface area (Å²) in [5.41, 5.74) is 7.14. The molecule has 0 fully saturated rings. The highest BCUT2D eigenvalue weighted by atomic mass is 79.9. The van der Waals surface area contributed by atoms with Gasteiger partial charge in [-0.25, -0.2) is 4.98 Å². The van der Waals surface area contributed by atoms with E-state index in [-0.39, 0.29) is 0 Å². The molecular weight excluding hydrogens is 318 g/mol. The Balaban J connectivity index is 2.39. The average molecular weight is 331 g/mol. The fourth-order valence-electron chi connectivity index (χ4n) is 1.66. The summed E-state index contributed by atoms with van der Waals surface area (Å²) in [5.74, 6) is 1.57. The van der Waals surface area contributed by atoms with Crippen LogP contribution in [0, 0.1) is 0 Å². The third-order valence-corrected chi connectivity index (χ3v) is 3.41. The molecule has 1 heterocycles. The molecule has 3 N–H and O–H groups in total. The molecule has 4 nitrogen and oxygen atoms in total. The number of nitrogens with zero attached hydrogens (tertiary/aromatic N) is 1. The van der Waals surface area contributed by atoms with Crippen molar-refractivity contribution in [3.63, 3.8) is 0 Å². The highest BCUT2D eigenvalue weighted by Crippen LogP contribution is 2.32. The molecule has 96 valence electrons. The maximum Gasteiger partial charge on any atom is 0.134 e. The Morgan fingerprint density at radius 1 is 1.50 bits per heavy atom. The van der Waals surface area contributed by atoms with Crippen LogP contribution in [0.2, 0.25) is 5.15 Å². The Labute approximate surface area is 119 Å². The van der Waals surface area contributed by atoms with Crippen molar-refractivity contribution in [1.82, 2.24) is 9.97 Å². The van der Waals surface area contributed by atoms with Gasteiger partial charge in [0.1, 0.15) is 22.4 Å². The molecule has 0 bridgehead atoms. The topological polar surface area (TPSA) is 63.9 Å². The largest absolute Gasteiger partial charge is 0.496 e. The average Bonchev–Trinajstić information content (AvgIpc) is 2.71. The van der Waals surface area contributed by atoms with Gasteiger partial charge in [-0.15, -0.1) is 0 Å². The molecule has 0 unspecified atom stereocenters. The van der Waals surface area contributed by atoms with Crippen LogP contribution in [0.4, 0.5) is 0 Å². The molecule has 1 aromatic heterocycles. The molecular formula is C12H13BrClN3O. The lowest BCUT2D eigenvalue weighted by Gasteiger charge is -2.04. The van der Waals surface area contributed by atoms with Crippen molar-refractivity contribution >= 4 is 27.5 Å². The lowest BCUT2D eigenvalue weighted by atomic mass is 10.1. The molecule has 2 rings (SSSR count). The summed E-state index contributed by atoms with van der Waals surface area (Å²) in [7, 11) is 1.63. The number of aromatic amines is 1. The normalized spacial score (nSPS) is 10.7. The zero-order chi connectivity index (χ0) is 13.1. The zero-order valence-corrected chi connectivity index (χ0v) is 12.2. The molecule has 0 atom stereocenters. The van der Waals surface area contributed by atoms with Crippen molar-refractivity contribution in [1.29, 1.82) is 0 Å². The van der Waals surface area contributed by atoms with Gasteiger partial charge in [0.05, 0.1) is 11.6 Å². The van der Waals surface area contributed by atoms with Gasteiger partial charge in [-0.2, -0.15) is 0 Å². The number of benzene rings is 1. The van der Waals surface area contributed by atoms with Gasteiger partial charge in [0.25, 0.3) is 0 Å². The summed E-state index contributed by atoms with van der Waals surface area (Å²) in [4.78, 5) is 7.46. The molecule has 0 aliphatic heterocycles. The second kappa shape index (κ2) is 5.73. The third-order valence-electron chi connectivity index (χ3n) is 2.52. The van der Waals surface area contributed by atoms with Crippen LogP contribution in [0.25, 0.3) is 11.3 Å². The number of rotatable bonds is 4. The van der Waals surface area contributed by atoms with Crippen LogP contribution in [-0.4, -0.2) is 23.6 Å². The third kappa shape index (κ3) is 2.68. The molecule has 0 radical (unpaired) electrons. The first kappa shape index (κ1) is 13.4. The van der Waals surface area contributed by atoms with Crippen molar-refractivity contribution in [2.45, 2.75) is 6.42 Å². The number of ether oxygens (including phenoxy) is 1. The monoisotopic (exact) mass is 329 g/mol. The van der Waals surface area contributed by atoms with Crippen LogP contribution in [-0.2, 0) is 6.42 Å². The van der Waals surface area contributed by atoms with Gasteiger partial charge in [-0.3, -0.25) is 0 Å². The summed E-state index contributed by atoms with van der Waals surface area (Å²) in [6, 6.07) is 5.71. The van der Waals surface area contributed by atoms with Gasteiger partial charge in [0.2, 0.25) is 0 Å². The van der Waals surface area contributed by atoms with E-state index in [1.807, 2.05) is 18.2 Å². The van der Waals surface area contributed by atoms with E-state index in [2.05, 4.69) is 25.9 Å². The number of halogens is 2. The van der Waals surface area contributed by atoms with E-state index in [0.717, 1.165) is 27.3 Å². The number of H-pyrrole nitrogens is 1. The zero-order valence-electron chi connectivity index (χ0n) is 9.84. The Bertz CT molecular complexity index is 556. The molecule has 0 spiro atoms. The Kier molecular flexibility index (Phi) is 4.27. The fourth-order valence-corrected chi connectivity index (χ4v) is 2.46. The summed E-state index contributed by atoms with van der Waals surface area (Å²) in [5, 5.41) is 0.524. The number of imidazole rings is 1. The van der Waals surface area contributed by atoms with Crippen LogP contribution >= 0.6 is 27.5 Å². The van der Waals surface area contributed by atoms with E-state index in [1.165, 1.54) is 0 Å². The van der Waals surface area contributed by atoms with Crippen LogP contribution in [0.5, 0.6) is 5.75 Å². The van der Waals surface area contributed by atoms with E-state index in [0.29, 0.717) is 18.1 Å². The predicted molar refractivity (Wildman–Crippen MR) is 76.0 cm³/mol. The number of methoxy groups -OCH3 is 1. The molecule has 0 saturated heterocycles. The van der Waals surface area contributed by atoms with Gasteiger partial charge in [-0.05, 0) is 40.7 Å². The summed E-state index contributed by atoms with van der Waals surface area (Å²) < 4.78 is 6.05. The summed E-state index contributed by atoms with van der Waals surface area (Å²) >= 11 is 9.58. The number of aromatic nitrogens is 2. The SMILES string of the molecule is COc1ccc(-c2nc(CCN)[nH]c2Cl)cc1Br. The highest BCUT2D eigenvalue weighted by Gasteiger charge is 2.12. The lowest BCUT2D eigenvalue weighted by molar-refractivity contribution is 0.412. The van der Waals surface area contributed by atoms with E-state index in [4.69, 9.17) is 22.1 Å². The van der Waals surface area contributed by atoms with E-state index in [1.54, 1.807) is 7.11 Å². The Hall–Kier alpha value is -1.04. The summed E-state index contributed by atoms with van der Waals surface area (Å²) in [6.07, 6.45) is 0.678. The lowest BCUT2D eigenvalue weighted by Crippen LogP contribution is -2.03. The van der Waals surface area contributed by atoms with Gasteiger partial charge >= 0.3 is 0 Å². The van der Waals surface area contributed by atoms with Crippen molar-refractivity contribution in [2.24, 2.45) is 5.73 Å². The minimum Gasteiger partial charge on any atom is -0.496 e. The van der Waals surface area contributed by atoms with Crippen LogP contribution < -0.4 is 10.5 Å². The van der Waals surface area contributed by atoms with Crippen LogP contribution in [0.1, 0.15) is 5.82 Å². The molecule has 0 aliphatic rings. The minimum absolute atomic E-state index is 0.524. The predicted octanol–water partition coefficient (Wildman–Crippen LogP) is 3.00. The molecule has 6 heteroatoms. The van der Waals surface area contributed by atoms with Crippen LogP contribution in [0.15, 0.2) is 22.7 Å². The Morgan fingerprint density at radius 2 is 2.28 bits per heavy atom. The van der Waals surface area contributed by atoms with Gasteiger partial charge in [0.15, 0.2) is 0 Å². The number of hydrogen-bond donors (Lipinski definition) is 2. The molecule has 18 heavy (non-hydrogen) atoms. The maximum absolute atomic E-state index is 6.14. The number of nitrogens with one attached hydrogen (secondary N) is 1. The fraction of sp³-hybridized carbons (Fsp3) is 0.250. The van der Waals surface area contributed by atoms with E-state index < -0.39 is 0 Å². The van der Waals surface area contributed by atoms with E-state index in [9.17, 15) is 0 Å². The number of nitrogens with two attached hydrogens (primary N) is 1. The maximum atomic E-state index is 6.14. The van der Waals surface area contributed by atoms with Crippen molar-refractivity contribution in [3.05, 3.63) is 33.6 Å². The highest BCUT2D eigenvalue weighted by molar-refractivity contribution is 9.10. The van der Waals surface area contributed by atoms with Crippen molar-refractivity contribution < 1.29 is 4.74 Å². The first-order chi connectivity index (χ1) is 8.65. The standard InChI is InChI=1S/C12H13BrClN3O/c1-18-9-3-2-7(6-8(9)13)11-12(14)17-10(16-11)4-5-15/h2-3,6H,4-5,15H2,1H3,(H,16,17). The van der Waals surface area contributed by atoms with Gasteiger partial charge < -0.3 is 15.5 Å².